The first-order valence-electron chi connectivity index (χ1n) is 9.18. The van der Waals surface area contributed by atoms with E-state index in [2.05, 4.69) is 15.4 Å². The minimum absolute atomic E-state index is 0. The number of carbonyl (C=O) groups is 2. The van der Waals surface area contributed by atoms with Crippen molar-refractivity contribution < 1.29 is 19.8 Å². The van der Waals surface area contributed by atoms with Crippen molar-refractivity contribution in [3.63, 3.8) is 0 Å². The number of carboxylic acid groups (broad SMARTS) is 1. The van der Waals surface area contributed by atoms with Gasteiger partial charge < -0.3 is 15.5 Å². The quantitative estimate of drug-likeness (QED) is 0.544. The molecule has 1 saturated carbocycles. The molecule has 4 rings (SSSR count). The number of aromatic nitrogens is 3. The van der Waals surface area contributed by atoms with E-state index in [1.807, 2.05) is 30.3 Å². The number of pyridine rings is 1. The SMILES string of the molecule is Cl.O=C(O)CNC(=O)c1c(O)cc(CCc2ccccc2)n2nc(C3CC3)nc12. The normalized spacial score (nSPS) is 13.1. The lowest BCUT2D eigenvalue weighted by Gasteiger charge is -2.10. The first-order chi connectivity index (χ1) is 13.5. The van der Waals surface area contributed by atoms with Gasteiger partial charge in [0.2, 0.25) is 0 Å². The Bertz CT molecular complexity index is 1050. The molecule has 9 heteroatoms. The third-order valence-corrected chi connectivity index (χ3v) is 4.76. The van der Waals surface area contributed by atoms with E-state index in [9.17, 15) is 14.7 Å². The van der Waals surface area contributed by atoms with E-state index in [1.54, 1.807) is 4.52 Å². The fraction of sp³-hybridized carbons (Fsp3) is 0.300. The monoisotopic (exact) mass is 416 g/mol. The third kappa shape index (κ3) is 4.48. The lowest BCUT2D eigenvalue weighted by Crippen LogP contribution is -2.30. The number of halogens is 1. The van der Waals surface area contributed by atoms with Crippen LogP contribution in [0.5, 0.6) is 5.75 Å². The molecule has 152 valence electrons. The number of aliphatic carboxylic acids is 1. The van der Waals surface area contributed by atoms with Gasteiger partial charge in [0.25, 0.3) is 5.91 Å². The van der Waals surface area contributed by atoms with Crippen LogP contribution < -0.4 is 5.32 Å². The molecule has 1 aliphatic rings. The van der Waals surface area contributed by atoms with E-state index in [0.717, 1.165) is 30.5 Å². The summed E-state index contributed by atoms with van der Waals surface area (Å²) in [6, 6.07) is 11.5. The highest BCUT2D eigenvalue weighted by Crippen LogP contribution is 2.39. The average molecular weight is 417 g/mol. The van der Waals surface area contributed by atoms with Gasteiger partial charge in [-0.25, -0.2) is 9.50 Å². The molecule has 3 N–H and O–H groups in total. The van der Waals surface area contributed by atoms with Crippen molar-refractivity contribution in [3.8, 4) is 5.75 Å². The molecule has 0 bridgehead atoms. The summed E-state index contributed by atoms with van der Waals surface area (Å²) >= 11 is 0. The summed E-state index contributed by atoms with van der Waals surface area (Å²) in [6.45, 7) is -0.538. The standard InChI is InChI=1S/C20H20N4O4.ClH/c25-15-10-14(9-6-12-4-2-1-3-5-12)24-19(22-18(23-24)13-7-8-13)17(15)20(28)21-11-16(26)27;/h1-5,10,13,25H,6-9,11H2,(H,21,28)(H,26,27);1H. The van der Waals surface area contributed by atoms with Crippen molar-refractivity contribution >= 4 is 29.9 Å². The summed E-state index contributed by atoms with van der Waals surface area (Å²) in [4.78, 5) is 27.7. The topological polar surface area (TPSA) is 117 Å². The molecule has 2 heterocycles. The zero-order chi connectivity index (χ0) is 19.7. The molecule has 1 aliphatic carbocycles. The van der Waals surface area contributed by atoms with Gasteiger partial charge in [0.1, 0.15) is 17.9 Å². The highest BCUT2D eigenvalue weighted by atomic mass is 35.5. The summed E-state index contributed by atoms with van der Waals surface area (Å²) in [6.07, 6.45) is 3.36. The Hall–Kier alpha value is -3.13. The average Bonchev–Trinajstić information content (AvgIpc) is 3.44. The van der Waals surface area contributed by atoms with Crippen molar-refractivity contribution in [2.75, 3.05) is 6.54 Å². The van der Waals surface area contributed by atoms with Crippen LogP contribution in [0.15, 0.2) is 36.4 Å². The Labute approximate surface area is 173 Å². The second-order valence-corrected chi connectivity index (χ2v) is 6.94. The largest absolute Gasteiger partial charge is 0.507 e. The predicted molar refractivity (Wildman–Crippen MR) is 108 cm³/mol. The van der Waals surface area contributed by atoms with E-state index in [1.165, 1.54) is 6.07 Å². The second-order valence-electron chi connectivity index (χ2n) is 6.94. The second kappa shape index (κ2) is 8.48. The van der Waals surface area contributed by atoms with Crippen LogP contribution in [0.1, 0.15) is 46.2 Å². The van der Waals surface area contributed by atoms with Gasteiger partial charge in [-0.3, -0.25) is 9.59 Å². The molecular formula is C20H21ClN4O4. The van der Waals surface area contributed by atoms with E-state index in [-0.39, 0.29) is 35.3 Å². The zero-order valence-electron chi connectivity index (χ0n) is 15.5. The van der Waals surface area contributed by atoms with Crippen molar-refractivity contribution in [1.82, 2.24) is 19.9 Å². The molecule has 0 atom stereocenters. The number of carboxylic acids is 1. The van der Waals surface area contributed by atoms with Crippen molar-refractivity contribution in [2.45, 2.75) is 31.6 Å². The van der Waals surface area contributed by atoms with Crippen LogP contribution in [-0.2, 0) is 17.6 Å². The maximum absolute atomic E-state index is 12.5. The van der Waals surface area contributed by atoms with Gasteiger partial charge in [-0.2, -0.15) is 5.10 Å². The fourth-order valence-corrected chi connectivity index (χ4v) is 3.17. The molecule has 2 aromatic heterocycles. The Balaban J connectivity index is 0.00000240. The van der Waals surface area contributed by atoms with Crippen LogP contribution in [0.4, 0.5) is 0 Å². The lowest BCUT2D eigenvalue weighted by molar-refractivity contribution is -0.135. The number of fused-ring (bicyclic) bond motifs is 1. The van der Waals surface area contributed by atoms with Crippen molar-refractivity contribution in [3.05, 3.63) is 59.0 Å². The van der Waals surface area contributed by atoms with Gasteiger partial charge in [0.05, 0.1) is 0 Å². The maximum atomic E-state index is 12.5. The van der Waals surface area contributed by atoms with E-state index < -0.39 is 18.4 Å². The van der Waals surface area contributed by atoms with Crippen LogP contribution in [-0.4, -0.2) is 43.2 Å². The number of nitrogens with zero attached hydrogens (tertiary/aromatic N) is 3. The number of hydrogen-bond acceptors (Lipinski definition) is 5. The Kier molecular flexibility index (Phi) is 6.03. The number of aryl methyl sites for hydroxylation is 2. The number of rotatable bonds is 7. The Morgan fingerprint density at radius 3 is 2.55 bits per heavy atom. The van der Waals surface area contributed by atoms with Gasteiger partial charge in [-0.1, -0.05) is 30.3 Å². The Morgan fingerprint density at radius 2 is 1.90 bits per heavy atom. The number of amides is 1. The summed E-state index contributed by atoms with van der Waals surface area (Å²) in [7, 11) is 0. The summed E-state index contributed by atoms with van der Waals surface area (Å²) in [5.74, 6) is -1.15. The maximum Gasteiger partial charge on any atom is 0.322 e. The van der Waals surface area contributed by atoms with Crippen LogP contribution >= 0.6 is 12.4 Å². The van der Waals surface area contributed by atoms with Gasteiger partial charge in [0, 0.05) is 17.7 Å². The molecule has 0 unspecified atom stereocenters. The minimum atomic E-state index is -1.16. The van der Waals surface area contributed by atoms with Crippen molar-refractivity contribution in [1.29, 1.82) is 0 Å². The first-order valence-corrected chi connectivity index (χ1v) is 9.18. The molecule has 0 spiro atoms. The number of nitrogens with one attached hydrogen (secondary N) is 1. The van der Waals surface area contributed by atoms with Gasteiger partial charge in [0.15, 0.2) is 11.5 Å². The van der Waals surface area contributed by atoms with E-state index in [0.29, 0.717) is 12.2 Å². The summed E-state index contributed by atoms with van der Waals surface area (Å²) in [5.41, 5.74) is 2.10. The highest BCUT2D eigenvalue weighted by molar-refractivity contribution is 6.03. The molecule has 8 nitrogen and oxygen atoms in total. The zero-order valence-corrected chi connectivity index (χ0v) is 16.4. The molecule has 3 aromatic rings. The van der Waals surface area contributed by atoms with Crippen LogP contribution in [0.25, 0.3) is 5.65 Å². The molecule has 0 aliphatic heterocycles. The van der Waals surface area contributed by atoms with Gasteiger partial charge in [-0.05, 0) is 31.2 Å². The number of hydrogen-bond donors (Lipinski definition) is 3. The van der Waals surface area contributed by atoms with Crippen LogP contribution in [0.2, 0.25) is 0 Å². The molecule has 29 heavy (non-hydrogen) atoms. The molecular weight excluding hydrogens is 396 g/mol. The number of aromatic hydroxyl groups is 1. The van der Waals surface area contributed by atoms with Gasteiger partial charge >= 0.3 is 5.97 Å². The highest BCUT2D eigenvalue weighted by Gasteiger charge is 2.30. The molecule has 1 aromatic carbocycles. The van der Waals surface area contributed by atoms with E-state index in [4.69, 9.17) is 5.11 Å². The molecule has 0 radical (unpaired) electrons. The molecule has 0 saturated heterocycles. The van der Waals surface area contributed by atoms with Crippen LogP contribution in [0.3, 0.4) is 0 Å². The van der Waals surface area contributed by atoms with E-state index >= 15 is 0 Å². The fourth-order valence-electron chi connectivity index (χ4n) is 3.17. The number of carbonyl (C=O) groups excluding carboxylic acids is 1. The third-order valence-electron chi connectivity index (χ3n) is 4.76. The summed E-state index contributed by atoms with van der Waals surface area (Å²) in [5, 5.41) is 26.1. The smallest absolute Gasteiger partial charge is 0.322 e. The summed E-state index contributed by atoms with van der Waals surface area (Å²) < 4.78 is 1.60. The van der Waals surface area contributed by atoms with Crippen molar-refractivity contribution in [2.24, 2.45) is 0 Å². The molecule has 1 amide bonds. The Morgan fingerprint density at radius 1 is 1.17 bits per heavy atom. The molecule has 1 fully saturated rings. The predicted octanol–water partition coefficient (Wildman–Crippen LogP) is 2.33. The minimum Gasteiger partial charge on any atom is -0.507 e. The van der Waals surface area contributed by atoms with Crippen LogP contribution in [0, 0.1) is 0 Å². The van der Waals surface area contributed by atoms with Gasteiger partial charge in [-0.15, -0.1) is 12.4 Å². The number of benzene rings is 1. The lowest BCUT2D eigenvalue weighted by atomic mass is 10.1. The first kappa shape index (κ1) is 20.6.